The average Bonchev–Trinajstić information content (AvgIpc) is 2.66. The number of carbonyl (C=O) groups is 2. The molecule has 0 radical (unpaired) electrons. The first kappa shape index (κ1) is 19.7. The Labute approximate surface area is 173 Å². The third-order valence-electron chi connectivity index (χ3n) is 3.75. The lowest BCUT2D eigenvalue weighted by Crippen LogP contribution is -2.54. The van der Waals surface area contributed by atoms with Gasteiger partial charge in [0.25, 0.3) is 11.8 Å². The first-order valence-electron chi connectivity index (χ1n) is 7.87. The molecule has 1 heterocycles. The van der Waals surface area contributed by atoms with E-state index in [4.69, 9.17) is 22.2 Å². The van der Waals surface area contributed by atoms with Crippen molar-refractivity contribution in [3.8, 4) is 11.8 Å². The van der Waals surface area contributed by atoms with Crippen LogP contribution < -0.4 is 15.0 Å². The van der Waals surface area contributed by atoms with Gasteiger partial charge < -0.3 is 4.74 Å². The van der Waals surface area contributed by atoms with Crippen LogP contribution in [0.4, 0.5) is 10.1 Å². The molecule has 0 spiro atoms. The second-order valence-corrected chi connectivity index (χ2v) is 6.79. The molecule has 0 aromatic heterocycles. The van der Waals surface area contributed by atoms with E-state index < -0.39 is 17.6 Å². The van der Waals surface area contributed by atoms with Gasteiger partial charge in [-0.15, -0.1) is 0 Å². The summed E-state index contributed by atoms with van der Waals surface area (Å²) in [6.07, 6.45) is 1.37. The van der Waals surface area contributed by atoms with Gasteiger partial charge in [0.05, 0.1) is 10.2 Å². The second-order valence-electron chi connectivity index (χ2n) is 5.55. The highest BCUT2D eigenvalue weighted by Gasteiger charge is 2.35. The number of thiocarbonyl (C=S) groups is 1. The number of nitriles is 1. The largest absolute Gasteiger partial charge is 0.478 e. The lowest BCUT2D eigenvalue weighted by molar-refractivity contribution is -0.122. The molecule has 6 nitrogen and oxygen atoms in total. The SMILES string of the molecule is N#CCOc1ccc(/C=C2\C(=O)NC(=S)N(c3ccccc3F)C2=O)cc1Br. The van der Waals surface area contributed by atoms with Crippen molar-refractivity contribution in [3.05, 3.63) is 63.9 Å². The molecule has 0 unspecified atom stereocenters. The number of hydrogen-bond donors (Lipinski definition) is 1. The smallest absolute Gasteiger partial charge is 0.270 e. The predicted molar refractivity (Wildman–Crippen MR) is 108 cm³/mol. The van der Waals surface area contributed by atoms with Crippen LogP contribution in [-0.4, -0.2) is 23.5 Å². The molecular weight excluding hydrogens is 449 g/mol. The van der Waals surface area contributed by atoms with Crippen molar-refractivity contribution in [3.63, 3.8) is 0 Å². The monoisotopic (exact) mass is 459 g/mol. The molecular formula is C19H11BrFN3O3S. The van der Waals surface area contributed by atoms with E-state index in [1.54, 1.807) is 24.3 Å². The first-order chi connectivity index (χ1) is 13.4. The van der Waals surface area contributed by atoms with Crippen molar-refractivity contribution in [2.24, 2.45) is 0 Å². The third kappa shape index (κ3) is 3.93. The summed E-state index contributed by atoms with van der Waals surface area (Å²) in [6, 6.07) is 12.3. The molecule has 140 valence electrons. The van der Waals surface area contributed by atoms with Crippen LogP contribution in [0.15, 0.2) is 52.5 Å². The normalized spacial score (nSPS) is 15.4. The molecule has 2 aromatic carbocycles. The number of halogens is 2. The Bertz CT molecular complexity index is 1060. The molecule has 1 saturated heterocycles. The quantitative estimate of drug-likeness (QED) is 0.430. The number of benzene rings is 2. The molecule has 2 aromatic rings. The Hall–Kier alpha value is -3.09. The molecule has 0 aliphatic carbocycles. The summed E-state index contributed by atoms with van der Waals surface area (Å²) in [4.78, 5) is 26.1. The van der Waals surface area contributed by atoms with E-state index in [1.165, 1.54) is 24.3 Å². The van der Waals surface area contributed by atoms with E-state index in [0.29, 0.717) is 15.8 Å². The Morgan fingerprint density at radius 1 is 1.29 bits per heavy atom. The van der Waals surface area contributed by atoms with E-state index in [2.05, 4.69) is 21.2 Å². The summed E-state index contributed by atoms with van der Waals surface area (Å²) in [7, 11) is 0. The zero-order valence-corrected chi connectivity index (χ0v) is 16.5. The minimum absolute atomic E-state index is 0.0511. The van der Waals surface area contributed by atoms with Gasteiger partial charge in [0.1, 0.15) is 23.2 Å². The molecule has 1 N–H and O–H groups in total. The fraction of sp³-hybridized carbons (Fsp3) is 0.0526. The number of carbonyl (C=O) groups excluding carboxylic acids is 2. The number of nitrogens with one attached hydrogen (secondary N) is 1. The van der Waals surface area contributed by atoms with E-state index in [1.807, 2.05) is 6.07 Å². The van der Waals surface area contributed by atoms with Crippen LogP contribution >= 0.6 is 28.1 Å². The second kappa shape index (κ2) is 8.29. The number of amides is 2. The van der Waals surface area contributed by atoms with Crippen LogP contribution in [0, 0.1) is 17.1 Å². The highest BCUT2D eigenvalue weighted by Crippen LogP contribution is 2.28. The number of rotatable bonds is 4. The van der Waals surface area contributed by atoms with Gasteiger partial charge in [-0.05, 0) is 64.1 Å². The van der Waals surface area contributed by atoms with Gasteiger partial charge >= 0.3 is 0 Å². The number of hydrogen-bond acceptors (Lipinski definition) is 5. The van der Waals surface area contributed by atoms with Crippen molar-refractivity contribution < 1.29 is 18.7 Å². The fourth-order valence-corrected chi connectivity index (χ4v) is 3.29. The third-order valence-corrected chi connectivity index (χ3v) is 4.66. The lowest BCUT2D eigenvalue weighted by atomic mass is 10.1. The predicted octanol–water partition coefficient (Wildman–Crippen LogP) is 3.32. The van der Waals surface area contributed by atoms with Gasteiger partial charge in [-0.25, -0.2) is 9.29 Å². The molecule has 1 fully saturated rings. The summed E-state index contributed by atoms with van der Waals surface area (Å²) in [6.45, 7) is -0.116. The van der Waals surface area contributed by atoms with Crippen LogP contribution in [0.3, 0.4) is 0 Å². The lowest BCUT2D eigenvalue weighted by Gasteiger charge is -2.29. The number of nitrogens with zero attached hydrogens (tertiary/aromatic N) is 2. The van der Waals surface area contributed by atoms with Crippen LogP contribution in [0.2, 0.25) is 0 Å². The standard InChI is InChI=1S/C19H11BrFN3O3S/c20-13-10-11(5-6-16(13)27-8-7-22)9-12-17(25)23-19(28)24(18(12)26)15-4-2-1-3-14(15)21/h1-6,9-10H,8H2,(H,23,25,28)/b12-9+. The average molecular weight is 460 g/mol. The van der Waals surface area contributed by atoms with Crippen LogP contribution in [0.1, 0.15) is 5.56 Å². The highest BCUT2D eigenvalue weighted by molar-refractivity contribution is 9.10. The van der Waals surface area contributed by atoms with Crippen LogP contribution in [0.5, 0.6) is 5.75 Å². The maximum atomic E-state index is 14.1. The van der Waals surface area contributed by atoms with Gasteiger partial charge in [0.2, 0.25) is 0 Å². The van der Waals surface area contributed by atoms with Crippen molar-refractivity contribution >= 4 is 56.8 Å². The summed E-state index contributed by atoms with van der Waals surface area (Å²) in [5, 5.41) is 10.8. The van der Waals surface area contributed by atoms with Crippen LogP contribution in [0.25, 0.3) is 6.08 Å². The molecule has 0 saturated carbocycles. The van der Waals surface area contributed by atoms with Gasteiger partial charge in [-0.2, -0.15) is 5.26 Å². The molecule has 1 aliphatic rings. The highest BCUT2D eigenvalue weighted by atomic mass is 79.9. The van der Waals surface area contributed by atoms with Crippen molar-refractivity contribution in [1.82, 2.24) is 5.32 Å². The van der Waals surface area contributed by atoms with E-state index >= 15 is 0 Å². The maximum absolute atomic E-state index is 14.1. The molecule has 28 heavy (non-hydrogen) atoms. The topological polar surface area (TPSA) is 82.4 Å². The van der Waals surface area contributed by atoms with Gasteiger partial charge in [-0.3, -0.25) is 14.9 Å². The Morgan fingerprint density at radius 2 is 2.04 bits per heavy atom. The fourth-order valence-electron chi connectivity index (χ4n) is 2.51. The summed E-state index contributed by atoms with van der Waals surface area (Å²) < 4.78 is 19.9. The van der Waals surface area contributed by atoms with Gasteiger partial charge in [0.15, 0.2) is 11.7 Å². The zero-order chi connectivity index (χ0) is 20.3. The zero-order valence-electron chi connectivity index (χ0n) is 14.1. The molecule has 3 rings (SSSR count). The van der Waals surface area contributed by atoms with Crippen molar-refractivity contribution in [1.29, 1.82) is 5.26 Å². The molecule has 1 aliphatic heterocycles. The van der Waals surface area contributed by atoms with Crippen molar-refractivity contribution in [2.75, 3.05) is 11.5 Å². The molecule has 0 atom stereocenters. The molecule has 2 amide bonds. The minimum Gasteiger partial charge on any atom is -0.478 e. The number of anilines is 1. The van der Waals surface area contributed by atoms with Gasteiger partial charge in [-0.1, -0.05) is 18.2 Å². The maximum Gasteiger partial charge on any atom is 0.270 e. The minimum atomic E-state index is -0.736. The molecule has 9 heteroatoms. The summed E-state index contributed by atoms with van der Waals surface area (Å²) in [5.74, 6) is -1.61. The van der Waals surface area contributed by atoms with Gasteiger partial charge in [0, 0.05) is 0 Å². The first-order valence-corrected chi connectivity index (χ1v) is 9.08. The Kier molecular flexibility index (Phi) is 5.82. The van der Waals surface area contributed by atoms with E-state index in [9.17, 15) is 14.0 Å². The molecule has 0 bridgehead atoms. The summed E-state index contributed by atoms with van der Waals surface area (Å²) in [5.41, 5.74) is 0.273. The number of para-hydroxylation sites is 1. The van der Waals surface area contributed by atoms with Crippen molar-refractivity contribution in [2.45, 2.75) is 0 Å². The van der Waals surface area contributed by atoms with Crippen LogP contribution in [-0.2, 0) is 9.59 Å². The number of ether oxygens (including phenoxy) is 1. The Morgan fingerprint density at radius 3 is 2.71 bits per heavy atom. The van der Waals surface area contributed by atoms with E-state index in [-0.39, 0.29) is 23.0 Å². The summed E-state index contributed by atoms with van der Waals surface area (Å²) >= 11 is 8.36. The van der Waals surface area contributed by atoms with E-state index in [0.717, 1.165) is 4.90 Å². The Balaban J connectivity index is 1.97.